The Morgan fingerprint density at radius 2 is 1.88 bits per heavy atom. The summed E-state index contributed by atoms with van der Waals surface area (Å²) >= 11 is 0. The Bertz CT molecular complexity index is 235. The van der Waals surface area contributed by atoms with E-state index >= 15 is 0 Å². The van der Waals surface area contributed by atoms with Crippen molar-refractivity contribution >= 4 is 5.97 Å². The smallest absolute Gasteiger partial charge is 0.326 e. The topological polar surface area (TPSA) is 61.5 Å². The molecule has 1 fully saturated rings. The molecule has 4 heteroatoms. The van der Waals surface area contributed by atoms with Crippen molar-refractivity contribution in [1.29, 1.82) is 0 Å². The van der Waals surface area contributed by atoms with Crippen LogP contribution in [0, 0.1) is 0 Å². The lowest BCUT2D eigenvalue weighted by atomic mass is 9.91. The van der Waals surface area contributed by atoms with Gasteiger partial charge in [0.1, 0.15) is 11.6 Å². The van der Waals surface area contributed by atoms with E-state index in [1.54, 1.807) is 0 Å². The SMILES string of the molecule is CCOCC(C)OC(=O)C1(N)CCCCCC1. The molecule has 1 aliphatic carbocycles. The molecule has 17 heavy (non-hydrogen) atoms. The first-order valence-electron chi connectivity index (χ1n) is 6.66. The fraction of sp³-hybridized carbons (Fsp3) is 0.923. The molecule has 0 bridgehead atoms. The predicted octanol–water partition coefficient (Wildman–Crippen LogP) is 2.01. The normalized spacial score (nSPS) is 21.6. The highest BCUT2D eigenvalue weighted by Gasteiger charge is 2.36. The molecule has 0 saturated heterocycles. The summed E-state index contributed by atoms with van der Waals surface area (Å²) in [5, 5.41) is 0. The van der Waals surface area contributed by atoms with E-state index in [0.717, 1.165) is 25.7 Å². The molecule has 2 N–H and O–H groups in total. The molecule has 0 radical (unpaired) electrons. The van der Waals surface area contributed by atoms with E-state index in [1.165, 1.54) is 12.8 Å². The first-order valence-corrected chi connectivity index (χ1v) is 6.66. The zero-order valence-corrected chi connectivity index (χ0v) is 11.0. The molecule has 0 amide bonds. The van der Waals surface area contributed by atoms with E-state index in [0.29, 0.717) is 13.2 Å². The van der Waals surface area contributed by atoms with Crippen molar-refractivity contribution in [1.82, 2.24) is 0 Å². The minimum absolute atomic E-state index is 0.217. The summed E-state index contributed by atoms with van der Waals surface area (Å²) in [7, 11) is 0. The Morgan fingerprint density at radius 1 is 1.29 bits per heavy atom. The highest BCUT2D eigenvalue weighted by atomic mass is 16.6. The van der Waals surface area contributed by atoms with Gasteiger partial charge < -0.3 is 15.2 Å². The zero-order chi connectivity index (χ0) is 12.7. The van der Waals surface area contributed by atoms with Crippen LogP contribution in [0.15, 0.2) is 0 Å². The van der Waals surface area contributed by atoms with Crippen molar-refractivity contribution < 1.29 is 14.3 Å². The van der Waals surface area contributed by atoms with E-state index in [2.05, 4.69) is 0 Å². The molecule has 0 aromatic heterocycles. The van der Waals surface area contributed by atoms with Gasteiger partial charge in [0, 0.05) is 6.61 Å². The van der Waals surface area contributed by atoms with Gasteiger partial charge in [0.2, 0.25) is 0 Å². The van der Waals surface area contributed by atoms with Gasteiger partial charge >= 0.3 is 5.97 Å². The molecule has 1 atom stereocenters. The third-order valence-corrected chi connectivity index (χ3v) is 3.27. The van der Waals surface area contributed by atoms with E-state index in [9.17, 15) is 4.79 Å². The lowest BCUT2D eigenvalue weighted by Crippen LogP contribution is -2.49. The Kier molecular flexibility index (Phi) is 5.92. The van der Waals surface area contributed by atoms with Gasteiger partial charge in [-0.1, -0.05) is 25.7 Å². The zero-order valence-electron chi connectivity index (χ0n) is 11.0. The average Bonchev–Trinajstić information content (AvgIpc) is 2.52. The Morgan fingerprint density at radius 3 is 2.41 bits per heavy atom. The van der Waals surface area contributed by atoms with Crippen LogP contribution in [0.25, 0.3) is 0 Å². The summed E-state index contributed by atoms with van der Waals surface area (Å²) in [4.78, 5) is 12.0. The summed E-state index contributed by atoms with van der Waals surface area (Å²) in [5.74, 6) is -0.258. The average molecular weight is 243 g/mol. The van der Waals surface area contributed by atoms with E-state index in [-0.39, 0.29) is 12.1 Å². The second-order valence-electron chi connectivity index (χ2n) is 4.95. The molecule has 1 rings (SSSR count). The van der Waals surface area contributed by atoms with E-state index in [1.807, 2.05) is 13.8 Å². The number of hydrogen-bond acceptors (Lipinski definition) is 4. The highest BCUT2D eigenvalue weighted by Crippen LogP contribution is 2.26. The van der Waals surface area contributed by atoms with Crippen LogP contribution in [0.2, 0.25) is 0 Å². The lowest BCUT2D eigenvalue weighted by molar-refractivity contribution is -0.158. The maximum atomic E-state index is 12.0. The molecular weight excluding hydrogens is 218 g/mol. The molecule has 100 valence electrons. The van der Waals surface area contributed by atoms with Crippen molar-refractivity contribution in [3.8, 4) is 0 Å². The van der Waals surface area contributed by atoms with Gasteiger partial charge in [0.05, 0.1) is 6.61 Å². The fourth-order valence-corrected chi connectivity index (χ4v) is 2.18. The van der Waals surface area contributed by atoms with Crippen LogP contribution in [0.5, 0.6) is 0 Å². The quantitative estimate of drug-likeness (QED) is 0.592. The summed E-state index contributed by atoms with van der Waals surface area (Å²) in [6, 6.07) is 0. The molecule has 4 nitrogen and oxygen atoms in total. The minimum atomic E-state index is -0.767. The number of hydrogen-bond donors (Lipinski definition) is 1. The molecular formula is C13H25NO3. The van der Waals surface area contributed by atoms with Crippen molar-refractivity contribution in [2.45, 2.75) is 64.0 Å². The summed E-state index contributed by atoms with van der Waals surface area (Å²) in [6.07, 6.45) is 5.64. The number of nitrogens with two attached hydrogens (primary N) is 1. The van der Waals surface area contributed by atoms with Crippen molar-refractivity contribution in [3.63, 3.8) is 0 Å². The van der Waals surface area contributed by atoms with Gasteiger partial charge in [-0.05, 0) is 26.7 Å². The Labute approximate surface area is 104 Å². The molecule has 0 heterocycles. The largest absolute Gasteiger partial charge is 0.459 e. The lowest BCUT2D eigenvalue weighted by Gasteiger charge is -2.27. The summed E-state index contributed by atoms with van der Waals surface area (Å²) in [5.41, 5.74) is 5.40. The monoisotopic (exact) mass is 243 g/mol. The van der Waals surface area contributed by atoms with E-state index in [4.69, 9.17) is 15.2 Å². The molecule has 0 spiro atoms. The predicted molar refractivity (Wildman–Crippen MR) is 66.7 cm³/mol. The molecule has 1 unspecified atom stereocenters. The standard InChI is InChI=1S/C13H25NO3/c1-3-16-10-11(2)17-12(15)13(14)8-6-4-5-7-9-13/h11H,3-10,14H2,1-2H3. The van der Waals surface area contributed by atoms with Crippen LogP contribution >= 0.6 is 0 Å². The Balaban J connectivity index is 2.43. The van der Waals surface area contributed by atoms with Crippen LogP contribution < -0.4 is 5.73 Å². The van der Waals surface area contributed by atoms with Crippen LogP contribution in [0.1, 0.15) is 52.4 Å². The molecule has 0 aromatic rings. The van der Waals surface area contributed by atoms with Gasteiger partial charge in [-0.3, -0.25) is 4.79 Å². The van der Waals surface area contributed by atoms with Gasteiger partial charge in [-0.2, -0.15) is 0 Å². The van der Waals surface area contributed by atoms with Crippen LogP contribution in [0.3, 0.4) is 0 Å². The molecule has 0 aromatic carbocycles. The third kappa shape index (κ3) is 4.64. The van der Waals surface area contributed by atoms with Crippen molar-refractivity contribution in [2.75, 3.05) is 13.2 Å². The van der Waals surface area contributed by atoms with Gasteiger partial charge in [0.15, 0.2) is 0 Å². The number of rotatable bonds is 5. The third-order valence-electron chi connectivity index (χ3n) is 3.27. The van der Waals surface area contributed by atoms with Gasteiger partial charge in [-0.25, -0.2) is 0 Å². The first kappa shape index (κ1) is 14.5. The summed E-state index contributed by atoms with van der Waals surface area (Å²) in [6.45, 7) is 4.84. The highest BCUT2D eigenvalue weighted by molar-refractivity contribution is 5.80. The van der Waals surface area contributed by atoms with Crippen LogP contribution in [-0.2, 0) is 14.3 Å². The van der Waals surface area contributed by atoms with Crippen molar-refractivity contribution in [2.24, 2.45) is 5.73 Å². The first-order chi connectivity index (χ1) is 8.08. The minimum Gasteiger partial charge on any atom is -0.459 e. The number of esters is 1. The summed E-state index contributed by atoms with van der Waals surface area (Å²) < 4.78 is 10.6. The second kappa shape index (κ2) is 6.97. The van der Waals surface area contributed by atoms with Crippen molar-refractivity contribution in [3.05, 3.63) is 0 Å². The second-order valence-corrected chi connectivity index (χ2v) is 4.95. The van der Waals surface area contributed by atoms with Crippen LogP contribution in [0.4, 0.5) is 0 Å². The molecule has 1 aliphatic rings. The maximum absolute atomic E-state index is 12.0. The number of carbonyl (C=O) groups is 1. The fourth-order valence-electron chi connectivity index (χ4n) is 2.18. The Hall–Kier alpha value is -0.610. The maximum Gasteiger partial charge on any atom is 0.326 e. The van der Waals surface area contributed by atoms with E-state index < -0.39 is 5.54 Å². The molecule has 1 saturated carbocycles. The number of carbonyl (C=O) groups excluding carboxylic acids is 1. The number of ether oxygens (including phenoxy) is 2. The van der Waals surface area contributed by atoms with Crippen LogP contribution in [-0.4, -0.2) is 30.8 Å². The van der Waals surface area contributed by atoms with Gasteiger partial charge in [-0.15, -0.1) is 0 Å². The molecule has 0 aliphatic heterocycles. The van der Waals surface area contributed by atoms with Gasteiger partial charge in [0.25, 0.3) is 0 Å².